The van der Waals surface area contributed by atoms with Gasteiger partial charge in [-0.2, -0.15) is 0 Å². The minimum absolute atomic E-state index is 0.285. The van der Waals surface area contributed by atoms with Crippen LogP contribution in [0.1, 0.15) is 13.3 Å². The lowest BCUT2D eigenvalue weighted by Crippen LogP contribution is -2.13. The first-order valence-corrected chi connectivity index (χ1v) is 3.25. The lowest BCUT2D eigenvalue weighted by atomic mass is 10.0. The van der Waals surface area contributed by atoms with Crippen molar-refractivity contribution < 1.29 is 5.11 Å². The molecule has 9 heavy (non-hydrogen) atoms. The number of hydrogen-bond acceptors (Lipinski definition) is 1. The predicted octanol–water partition coefficient (Wildman–Crippen LogP) is 2.39. The van der Waals surface area contributed by atoms with Crippen LogP contribution in [0.15, 0.2) is 24.0 Å². The Morgan fingerprint density at radius 2 is 2.44 bits per heavy atom. The van der Waals surface area contributed by atoms with E-state index in [1.54, 1.807) is 18.2 Å². The van der Waals surface area contributed by atoms with Crippen molar-refractivity contribution in [3.05, 3.63) is 24.0 Å². The maximum atomic E-state index is 8.86. The SMILES string of the molecule is CC1(Cl)C=CC(O)=CC1. The molecule has 0 aliphatic heterocycles. The molecule has 1 aliphatic rings. The zero-order chi connectivity index (χ0) is 6.91. The molecule has 0 aromatic rings. The molecule has 0 saturated heterocycles. The molecule has 0 aromatic carbocycles. The van der Waals surface area contributed by atoms with Crippen molar-refractivity contribution in [2.45, 2.75) is 18.2 Å². The highest BCUT2D eigenvalue weighted by Crippen LogP contribution is 2.25. The molecule has 0 fully saturated rings. The number of alkyl halides is 1. The molecule has 0 radical (unpaired) electrons. The van der Waals surface area contributed by atoms with Crippen molar-refractivity contribution in [3.8, 4) is 0 Å². The van der Waals surface area contributed by atoms with E-state index in [0.717, 1.165) is 0 Å². The smallest absolute Gasteiger partial charge is 0.111 e. The van der Waals surface area contributed by atoms with Crippen LogP contribution >= 0.6 is 11.6 Å². The first kappa shape index (κ1) is 6.69. The van der Waals surface area contributed by atoms with Gasteiger partial charge >= 0.3 is 0 Å². The van der Waals surface area contributed by atoms with Crippen molar-refractivity contribution in [2.24, 2.45) is 0 Å². The molecule has 0 bridgehead atoms. The van der Waals surface area contributed by atoms with E-state index >= 15 is 0 Å². The third-order valence-corrected chi connectivity index (χ3v) is 1.59. The maximum Gasteiger partial charge on any atom is 0.111 e. The summed E-state index contributed by atoms with van der Waals surface area (Å²) in [4.78, 5) is -0.285. The van der Waals surface area contributed by atoms with Gasteiger partial charge in [-0.3, -0.25) is 0 Å². The molecule has 0 saturated carbocycles. The summed E-state index contributed by atoms with van der Waals surface area (Å²) in [5, 5.41) is 8.86. The Morgan fingerprint density at radius 1 is 1.78 bits per heavy atom. The molecule has 1 unspecified atom stereocenters. The summed E-state index contributed by atoms with van der Waals surface area (Å²) in [5.41, 5.74) is 0. The van der Waals surface area contributed by atoms with Crippen LogP contribution in [-0.4, -0.2) is 9.98 Å². The Bertz CT molecular complexity index is 168. The van der Waals surface area contributed by atoms with Crippen LogP contribution in [0.4, 0.5) is 0 Å². The molecule has 50 valence electrons. The van der Waals surface area contributed by atoms with Crippen molar-refractivity contribution in [2.75, 3.05) is 0 Å². The highest BCUT2D eigenvalue weighted by Gasteiger charge is 2.17. The molecule has 0 amide bonds. The molecule has 1 atom stereocenters. The Balaban J connectivity index is 2.70. The second-order valence-electron chi connectivity index (χ2n) is 2.44. The summed E-state index contributed by atoms with van der Waals surface area (Å²) >= 11 is 5.89. The fourth-order valence-electron chi connectivity index (χ4n) is 0.699. The molecular formula is C7H9ClO. The van der Waals surface area contributed by atoms with Gasteiger partial charge in [0.25, 0.3) is 0 Å². The fourth-order valence-corrected chi connectivity index (χ4v) is 0.839. The summed E-state index contributed by atoms with van der Waals surface area (Å²) in [6.07, 6.45) is 5.84. The normalized spacial score (nSPS) is 34.2. The van der Waals surface area contributed by atoms with Gasteiger partial charge < -0.3 is 5.11 Å². The van der Waals surface area contributed by atoms with Crippen LogP contribution < -0.4 is 0 Å². The number of rotatable bonds is 0. The second-order valence-corrected chi connectivity index (χ2v) is 3.31. The summed E-state index contributed by atoms with van der Waals surface area (Å²) in [7, 11) is 0. The van der Waals surface area contributed by atoms with Crippen LogP contribution in [0, 0.1) is 0 Å². The highest BCUT2D eigenvalue weighted by atomic mass is 35.5. The Morgan fingerprint density at radius 3 is 2.78 bits per heavy atom. The molecule has 0 heterocycles. The number of hydrogen-bond donors (Lipinski definition) is 1. The zero-order valence-electron chi connectivity index (χ0n) is 5.26. The number of allylic oxidation sites excluding steroid dienone is 3. The average Bonchev–Trinajstić information content (AvgIpc) is 1.78. The van der Waals surface area contributed by atoms with Gasteiger partial charge in [-0.25, -0.2) is 0 Å². The fraction of sp³-hybridized carbons (Fsp3) is 0.429. The number of halogens is 1. The lowest BCUT2D eigenvalue weighted by molar-refractivity contribution is 0.424. The van der Waals surface area contributed by atoms with Gasteiger partial charge in [0.15, 0.2) is 0 Å². The van der Waals surface area contributed by atoms with E-state index < -0.39 is 0 Å². The molecule has 0 aromatic heterocycles. The first-order valence-electron chi connectivity index (χ1n) is 2.87. The van der Waals surface area contributed by atoms with Crippen molar-refractivity contribution in [3.63, 3.8) is 0 Å². The van der Waals surface area contributed by atoms with Gasteiger partial charge in [-0.05, 0) is 25.5 Å². The van der Waals surface area contributed by atoms with Gasteiger partial charge in [-0.1, -0.05) is 6.08 Å². The molecule has 0 spiro atoms. The monoisotopic (exact) mass is 144 g/mol. The van der Waals surface area contributed by atoms with E-state index in [2.05, 4.69) is 0 Å². The van der Waals surface area contributed by atoms with Crippen molar-refractivity contribution >= 4 is 11.6 Å². The average molecular weight is 145 g/mol. The zero-order valence-corrected chi connectivity index (χ0v) is 6.02. The van der Waals surface area contributed by atoms with Crippen molar-refractivity contribution in [1.82, 2.24) is 0 Å². The molecular weight excluding hydrogens is 136 g/mol. The summed E-state index contributed by atoms with van der Waals surface area (Å²) in [6, 6.07) is 0. The van der Waals surface area contributed by atoms with Crippen LogP contribution in [-0.2, 0) is 0 Å². The summed E-state index contributed by atoms with van der Waals surface area (Å²) < 4.78 is 0. The summed E-state index contributed by atoms with van der Waals surface area (Å²) in [6.45, 7) is 1.91. The Hall–Kier alpha value is -0.430. The van der Waals surface area contributed by atoms with E-state index in [1.807, 2.05) is 6.92 Å². The molecule has 1 N–H and O–H groups in total. The van der Waals surface area contributed by atoms with E-state index in [0.29, 0.717) is 12.2 Å². The van der Waals surface area contributed by atoms with E-state index in [-0.39, 0.29) is 4.87 Å². The maximum absolute atomic E-state index is 8.86. The third kappa shape index (κ3) is 1.75. The first-order chi connectivity index (χ1) is 4.10. The minimum atomic E-state index is -0.285. The molecule has 1 nitrogen and oxygen atoms in total. The van der Waals surface area contributed by atoms with E-state index in [1.165, 1.54) is 0 Å². The quantitative estimate of drug-likeness (QED) is 0.518. The molecule has 1 aliphatic carbocycles. The number of aliphatic hydroxyl groups excluding tert-OH is 1. The van der Waals surface area contributed by atoms with Crippen LogP contribution in [0.5, 0.6) is 0 Å². The second kappa shape index (κ2) is 2.07. The van der Waals surface area contributed by atoms with Gasteiger partial charge in [0.1, 0.15) is 5.76 Å². The van der Waals surface area contributed by atoms with Crippen LogP contribution in [0.2, 0.25) is 0 Å². The minimum Gasteiger partial charge on any atom is -0.508 e. The Kier molecular flexibility index (Phi) is 1.54. The van der Waals surface area contributed by atoms with Crippen LogP contribution in [0.25, 0.3) is 0 Å². The predicted molar refractivity (Wildman–Crippen MR) is 38.7 cm³/mol. The summed E-state index contributed by atoms with van der Waals surface area (Å²) in [5.74, 6) is 0.313. The van der Waals surface area contributed by atoms with Gasteiger partial charge in [0.05, 0.1) is 4.87 Å². The number of aliphatic hydroxyl groups is 1. The largest absolute Gasteiger partial charge is 0.508 e. The lowest BCUT2D eigenvalue weighted by Gasteiger charge is -2.17. The third-order valence-electron chi connectivity index (χ3n) is 1.31. The van der Waals surface area contributed by atoms with Gasteiger partial charge in [0.2, 0.25) is 0 Å². The van der Waals surface area contributed by atoms with E-state index in [9.17, 15) is 0 Å². The van der Waals surface area contributed by atoms with Crippen LogP contribution in [0.3, 0.4) is 0 Å². The van der Waals surface area contributed by atoms with Gasteiger partial charge in [0, 0.05) is 0 Å². The van der Waals surface area contributed by atoms with Gasteiger partial charge in [-0.15, -0.1) is 11.6 Å². The standard InChI is InChI=1S/C7H9ClO/c1-7(8)4-2-6(9)3-5-7/h2-4,9H,5H2,1H3. The molecule has 1 rings (SSSR count). The topological polar surface area (TPSA) is 20.2 Å². The molecule has 2 heteroatoms. The van der Waals surface area contributed by atoms with Crippen molar-refractivity contribution in [1.29, 1.82) is 0 Å². The highest BCUT2D eigenvalue weighted by molar-refractivity contribution is 6.25. The van der Waals surface area contributed by atoms with E-state index in [4.69, 9.17) is 16.7 Å². The Labute approximate surface area is 59.6 Å².